The molecule has 6 nitrogen and oxygen atoms in total. The van der Waals surface area contributed by atoms with Crippen LogP contribution in [0.25, 0.3) is 5.69 Å². The molecular formula is C19H20ClN3O3S. The fourth-order valence-corrected chi connectivity index (χ4v) is 4.16. The molecule has 3 aromatic rings. The molecule has 0 spiro atoms. The molecule has 1 atom stereocenters. The number of nitrogens with zero attached hydrogens (tertiary/aromatic N) is 2. The number of rotatable bonds is 6. The Morgan fingerprint density at radius 3 is 2.33 bits per heavy atom. The van der Waals surface area contributed by atoms with E-state index in [0.717, 1.165) is 22.7 Å². The van der Waals surface area contributed by atoms with Gasteiger partial charge in [0.05, 0.1) is 23.9 Å². The largest absolute Gasteiger partial charge is 0.497 e. The molecule has 1 aromatic heterocycles. The third kappa shape index (κ3) is 4.16. The number of hydrogen-bond donors (Lipinski definition) is 1. The molecule has 2 aromatic carbocycles. The van der Waals surface area contributed by atoms with E-state index < -0.39 is 16.1 Å². The molecule has 0 aliphatic rings. The summed E-state index contributed by atoms with van der Waals surface area (Å²) in [6, 6.07) is 13.1. The van der Waals surface area contributed by atoms with Crippen molar-refractivity contribution in [1.82, 2.24) is 14.5 Å². The number of methoxy groups -OCH3 is 1. The van der Waals surface area contributed by atoms with E-state index in [-0.39, 0.29) is 4.90 Å². The van der Waals surface area contributed by atoms with E-state index in [9.17, 15) is 8.42 Å². The zero-order valence-electron chi connectivity index (χ0n) is 15.2. The molecule has 27 heavy (non-hydrogen) atoms. The minimum Gasteiger partial charge on any atom is -0.497 e. The molecule has 1 N–H and O–H groups in total. The van der Waals surface area contributed by atoms with Gasteiger partial charge in [0.15, 0.2) is 0 Å². The quantitative estimate of drug-likeness (QED) is 0.675. The van der Waals surface area contributed by atoms with Crippen LogP contribution in [0.4, 0.5) is 0 Å². The lowest BCUT2D eigenvalue weighted by atomic mass is 10.1. The van der Waals surface area contributed by atoms with Gasteiger partial charge in [-0.2, -0.15) is 5.10 Å². The monoisotopic (exact) mass is 405 g/mol. The van der Waals surface area contributed by atoms with E-state index in [1.165, 1.54) is 12.1 Å². The van der Waals surface area contributed by atoms with E-state index >= 15 is 0 Å². The molecule has 8 heteroatoms. The van der Waals surface area contributed by atoms with Gasteiger partial charge in [0.25, 0.3) is 0 Å². The summed E-state index contributed by atoms with van der Waals surface area (Å²) in [6.07, 6.45) is 1.68. The Balaban J connectivity index is 1.84. The molecule has 3 rings (SSSR count). The Bertz CT molecular complexity index is 1030. The van der Waals surface area contributed by atoms with Crippen LogP contribution in [0.15, 0.2) is 59.6 Å². The molecule has 0 saturated carbocycles. The second kappa shape index (κ2) is 7.72. The van der Waals surface area contributed by atoms with Crippen LogP contribution in [0.2, 0.25) is 5.02 Å². The minimum atomic E-state index is -3.67. The highest BCUT2D eigenvalue weighted by atomic mass is 35.5. The number of halogens is 1. The van der Waals surface area contributed by atoms with Gasteiger partial charge in [-0.1, -0.05) is 11.6 Å². The van der Waals surface area contributed by atoms with Crippen molar-refractivity contribution in [2.45, 2.75) is 24.8 Å². The number of ether oxygens (including phenoxy) is 1. The first kappa shape index (κ1) is 19.4. The van der Waals surface area contributed by atoms with Gasteiger partial charge in [-0.3, -0.25) is 0 Å². The Kier molecular flexibility index (Phi) is 5.55. The van der Waals surface area contributed by atoms with Crippen molar-refractivity contribution < 1.29 is 13.2 Å². The molecule has 0 aliphatic heterocycles. The summed E-state index contributed by atoms with van der Waals surface area (Å²) >= 11 is 5.83. The molecule has 0 unspecified atom stereocenters. The number of hydrogen-bond acceptors (Lipinski definition) is 4. The Hall–Kier alpha value is -2.35. The minimum absolute atomic E-state index is 0.166. The van der Waals surface area contributed by atoms with Crippen LogP contribution in [0.3, 0.4) is 0 Å². The van der Waals surface area contributed by atoms with Gasteiger partial charge in [0.1, 0.15) is 5.75 Å². The number of benzene rings is 2. The third-order valence-electron chi connectivity index (χ3n) is 4.29. The zero-order valence-corrected chi connectivity index (χ0v) is 16.8. The standard InChI is InChI=1S/C19H20ClN3O3S/c1-13(22-27(24,25)18-10-4-15(20)5-11-18)19-12-21-23(14(19)2)16-6-8-17(26-3)9-7-16/h4-13,22H,1-3H3/t13-/m0/s1. The van der Waals surface area contributed by atoms with Crippen LogP contribution in [-0.4, -0.2) is 25.3 Å². The van der Waals surface area contributed by atoms with E-state index in [1.54, 1.807) is 37.0 Å². The first-order chi connectivity index (χ1) is 12.8. The Morgan fingerprint density at radius 1 is 1.11 bits per heavy atom. The molecular weight excluding hydrogens is 386 g/mol. The predicted octanol–water partition coefficient (Wildman–Crippen LogP) is 3.88. The van der Waals surface area contributed by atoms with Gasteiger partial charge in [-0.05, 0) is 62.4 Å². The van der Waals surface area contributed by atoms with E-state index in [0.29, 0.717) is 5.02 Å². The van der Waals surface area contributed by atoms with Gasteiger partial charge >= 0.3 is 0 Å². The molecule has 0 radical (unpaired) electrons. The number of sulfonamides is 1. The topological polar surface area (TPSA) is 73.2 Å². The van der Waals surface area contributed by atoms with Gasteiger partial charge in [-0.15, -0.1) is 0 Å². The number of nitrogens with one attached hydrogen (secondary N) is 1. The second-order valence-electron chi connectivity index (χ2n) is 6.09. The maximum absolute atomic E-state index is 12.6. The fraction of sp³-hybridized carbons (Fsp3) is 0.211. The maximum atomic E-state index is 12.6. The maximum Gasteiger partial charge on any atom is 0.241 e. The predicted molar refractivity (Wildman–Crippen MR) is 105 cm³/mol. The highest BCUT2D eigenvalue weighted by molar-refractivity contribution is 7.89. The summed E-state index contributed by atoms with van der Waals surface area (Å²) in [5.41, 5.74) is 2.52. The van der Waals surface area contributed by atoms with Gasteiger partial charge < -0.3 is 4.74 Å². The lowest BCUT2D eigenvalue weighted by Gasteiger charge is -2.15. The van der Waals surface area contributed by atoms with Gasteiger partial charge in [0.2, 0.25) is 10.0 Å². The smallest absolute Gasteiger partial charge is 0.241 e. The van der Waals surface area contributed by atoms with Crippen molar-refractivity contribution in [3.05, 3.63) is 71.0 Å². The van der Waals surface area contributed by atoms with Gasteiger partial charge in [0, 0.05) is 22.3 Å². The van der Waals surface area contributed by atoms with Crippen LogP contribution in [0.1, 0.15) is 24.2 Å². The van der Waals surface area contributed by atoms with Crippen LogP contribution in [0, 0.1) is 6.92 Å². The van der Waals surface area contributed by atoms with Crippen LogP contribution in [0.5, 0.6) is 5.75 Å². The highest BCUT2D eigenvalue weighted by Crippen LogP contribution is 2.23. The van der Waals surface area contributed by atoms with E-state index in [2.05, 4.69) is 9.82 Å². The van der Waals surface area contributed by atoms with Crippen molar-refractivity contribution >= 4 is 21.6 Å². The number of aromatic nitrogens is 2. The molecule has 0 saturated heterocycles. The lowest BCUT2D eigenvalue weighted by molar-refractivity contribution is 0.414. The van der Waals surface area contributed by atoms with Crippen LogP contribution < -0.4 is 9.46 Å². The van der Waals surface area contributed by atoms with Crippen molar-refractivity contribution in [3.8, 4) is 11.4 Å². The lowest BCUT2D eigenvalue weighted by Crippen LogP contribution is -2.27. The molecule has 1 heterocycles. The third-order valence-corrected chi connectivity index (χ3v) is 6.10. The second-order valence-corrected chi connectivity index (χ2v) is 8.24. The molecule has 0 bridgehead atoms. The molecule has 0 aliphatic carbocycles. The Morgan fingerprint density at radius 2 is 1.74 bits per heavy atom. The van der Waals surface area contributed by atoms with Crippen molar-refractivity contribution in [2.24, 2.45) is 0 Å². The summed E-state index contributed by atoms with van der Waals surface area (Å²) in [5, 5.41) is 4.89. The normalized spacial score (nSPS) is 12.7. The highest BCUT2D eigenvalue weighted by Gasteiger charge is 2.21. The van der Waals surface area contributed by atoms with Crippen molar-refractivity contribution in [3.63, 3.8) is 0 Å². The average molecular weight is 406 g/mol. The average Bonchev–Trinajstić information content (AvgIpc) is 3.03. The van der Waals surface area contributed by atoms with Crippen molar-refractivity contribution in [1.29, 1.82) is 0 Å². The first-order valence-electron chi connectivity index (χ1n) is 8.28. The summed E-state index contributed by atoms with van der Waals surface area (Å²) in [7, 11) is -2.06. The summed E-state index contributed by atoms with van der Waals surface area (Å²) in [6.45, 7) is 3.69. The van der Waals surface area contributed by atoms with E-state index in [1.807, 2.05) is 31.2 Å². The molecule has 0 amide bonds. The fourth-order valence-electron chi connectivity index (χ4n) is 2.81. The zero-order chi connectivity index (χ0) is 19.6. The van der Waals surface area contributed by atoms with Crippen molar-refractivity contribution in [2.75, 3.05) is 7.11 Å². The van der Waals surface area contributed by atoms with Crippen LogP contribution >= 0.6 is 11.6 Å². The SMILES string of the molecule is COc1ccc(-n2ncc([C@H](C)NS(=O)(=O)c3ccc(Cl)cc3)c2C)cc1. The summed E-state index contributed by atoms with van der Waals surface area (Å²) < 4.78 is 34.8. The Labute approximate surface area is 163 Å². The van der Waals surface area contributed by atoms with Crippen LogP contribution in [-0.2, 0) is 10.0 Å². The van der Waals surface area contributed by atoms with Gasteiger partial charge in [-0.25, -0.2) is 17.8 Å². The first-order valence-corrected chi connectivity index (χ1v) is 10.1. The summed E-state index contributed by atoms with van der Waals surface area (Å²) in [4.78, 5) is 0.166. The van der Waals surface area contributed by atoms with E-state index in [4.69, 9.17) is 16.3 Å². The summed E-state index contributed by atoms with van der Waals surface area (Å²) in [5.74, 6) is 0.757. The molecule has 142 valence electrons. The molecule has 0 fully saturated rings.